The van der Waals surface area contributed by atoms with Crippen LogP contribution >= 0.6 is 0 Å². The second-order valence-corrected chi connectivity index (χ2v) is 5.36. The van der Waals surface area contributed by atoms with Crippen LogP contribution in [-0.2, 0) is 6.42 Å². The number of benzene rings is 1. The number of piperidine rings is 1. The first kappa shape index (κ1) is 13.4. The van der Waals surface area contributed by atoms with Crippen molar-refractivity contribution in [3.05, 3.63) is 28.8 Å². The van der Waals surface area contributed by atoms with Gasteiger partial charge in [-0.3, -0.25) is 0 Å². The maximum Gasteiger partial charge on any atom is 0.122 e. The molecule has 1 fully saturated rings. The molecule has 0 saturated carbocycles. The van der Waals surface area contributed by atoms with Gasteiger partial charge in [0.2, 0.25) is 0 Å². The number of rotatable bonds is 4. The number of aryl methyl sites for hydroxylation is 1. The lowest BCUT2D eigenvalue weighted by molar-refractivity contribution is 0.382. The van der Waals surface area contributed by atoms with Gasteiger partial charge in [-0.05, 0) is 68.8 Å². The molecule has 1 heterocycles. The zero-order valence-corrected chi connectivity index (χ0v) is 11.9. The van der Waals surface area contributed by atoms with Crippen LogP contribution in [0.3, 0.4) is 0 Å². The van der Waals surface area contributed by atoms with Crippen LogP contribution in [0.4, 0.5) is 0 Å². The van der Waals surface area contributed by atoms with E-state index in [1.807, 2.05) is 0 Å². The molecule has 0 aromatic heterocycles. The lowest BCUT2D eigenvalue weighted by atomic mass is 9.94. The first-order valence-corrected chi connectivity index (χ1v) is 7.09. The third kappa shape index (κ3) is 3.05. The van der Waals surface area contributed by atoms with Crippen LogP contribution in [0.2, 0.25) is 0 Å². The molecule has 1 aromatic rings. The van der Waals surface area contributed by atoms with Gasteiger partial charge in [-0.2, -0.15) is 0 Å². The third-order valence-corrected chi connectivity index (χ3v) is 4.24. The van der Waals surface area contributed by atoms with Crippen molar-refractivity contribution >= 4 is 0 Å². The standard InChI is InChI=1S/C16H25NO/c1-12-13(2)16(18-3)10-8-14(12)7-9-15-6-4-5-11-17-15/h8,10,15,17H,4-7,9,11H2,1-3H3. The summed E-state index contributed by atoms with van der Waals surface area (Å²) in [7, 11) is 1.74. The smallest absolute Gasteiger partial charge is 0.122 e. The summed E-state index contributed by atoms with van der Waals surface area (Å²) in [6.45, 7) is 5.56. The van der Waals surface area contributed by atoms with Gasteiger partial charge >= 0.3 is 0 Å². The van der Waals surface area contributed by atoms with E-state index in [-0.39, 0.29) is 0 Å². The van der Waals surface area contributed by atoms with E-state index in [9.17, 15) is 0 Å². The number of hydrogen-bond donors (Lipinski definition) is 1. The Labute approximate surface area is 111 Å². The lowest BCUT2D eigenvalue weighted by Crippen LogP contribution is -2.34. The highest BCUT2D eigenvalue weighted by atomic mass is 16.5. The van der Waals surface area contributed by atoms with Crippen molar-refractivity contribution < 1.29 is 4.74 Å². The largest absolute Gasteiger partial charge is 0.496 e. The molecule has 1 aromatic carbocycles. The Balaban J connectivity index is 1.98. The average molecular weight is 247 g/mol. The van der Waals surface area contributed by atoms with Gasteiger partial charge in [0.15, 0.2) is 0 Å². The summed E-state index contributed by atoms with van der Waals surface area (Å²) in [6.07, 6.45) is 6.50. The first-order chi connectivity index (χ1) is 8.72. The third-order valence-electron chi connectivity index (χ3n) is 4.24. The molecular formula is C16H25NO. The molecule has 2 rings (SSSR count). The van der Waals surface area contributed by atoms with Crippen molar-refractivity contribution in [2.75, 3.05) is 13.7 Å². The Hall–Kier alpha value is -1.02. The topological polar surface area (TPSA) is 21.3 Å². The van der Waals surface area contributed by atoms with Gasteiger partial charge in [-0.15, -0.1) is 0 Å². The summed E-state index contributed by atoms with van der Waals surface area (Å²) in [5.74, 6) is 1.01. The molecule has 0 amide bonds. The second kappa shape index (κ2) is 6.24. The Kier molecular flexibility index (Phi) is 4.65. The highest BCUT2D eigenvalue weighted by Crippen LogP contribution is 2.25. The van der Waals surface area contributed by atoms with E-state index in [0.717, 1.165) is 11.8 Å². The van der Waals surface area contributed by atoms with Gasteiger partial charge in [0.1, 0.15) is 5.75 Å². The van der Waals surface area contributed by atoms with E-state index in [1.165, 1.54) is 55.3 Å². The molecule has 1 aliphatic rings. The predicted molar refractivity (Wildman–Crippen MR) is 76.4 cm³/mol. The van der Waals surface area contributed by atoms with E-state index in [2.05, 4.69) is 31.3 Å². The normalized spacial score (nSPS) is 19.8. The van der Waals surface area contributed by atoms with Crippen LogP contribution in [0.5, 0.6) is 5.75 Å². The summed E-state index contributed by atoms with van der Waals surface area (Å²) < 4.78 is 5.36. The van der Waals surface area contributed by atoms with E-state index in [4.69, 9.17) is 4.74 Å². The molecule has 2 nitrogen and oxygen atoms in total. The van der Waals surface area contributed by atoms with E-state index >= 15 is 0 Å². The lowest BCUT2D eigenvalue weighted by Gasteiger charge is -2.24. The summed E-state index contributed by atoms with van der Waals surface area (Å²) in [6, 6.07) is 5.05. The molecule has 2 heteroatoms. The number of ether oxygens (including phenoxy) is 1. The fourth-order valence-corrected chi connectivity index (χ4v) is 2.84. The van der Waals surface area contributed by atoms with Gasteiger partial charge in [0.05, 0.1) is 7.11 Å². The molecule has 0 bridgehead atoms. The average Bonchev–Trinajstić information content (AvgIpc) is 2.42. The summed E-state index contributed by atoms with van der Waals surface area (Å²) in [4.78, 5) is 0. The van der Waals surface area contributed by atoms with E-state index < -0.39 is 0 Å². The predicted octanol–water partition coefficient (Wildman–Crippen LogP) is 3.39. The van der Waals surface area contributed by atoms with Gasteiger partial charge in [-0.1, -0.05) is 12.5 Å². The van der Waals surface area contributed by atoms with Crippen LogP contribution in [0.25, 0.3) is 0 Å². The Morgan fingerprint density at radius 2 is 2.06 bits per heavy atom. The Morgan fingerprint density at radius 1 is 1.22 bits per heavy atom. The molecule has 18 heavy (non-hydrogen) atoms. The van der Waals surface area contributed by atoms with Crippen molar-refractivity contribution in [2.24, 2.45) is 0 Å². The monoisotopic (exact) mass is 247 g/mol. The van der Waals surface area contributed by atoms with Crippen molar-refractivity contribution in [3.63, 3.8) is 0 Å². The van der Waals surface area contributed by atoms with Gasteiger partial charge in [-0.25, -0.2) is 0 Å². The molecular weight excluding hydrogens is 222 g/mol. The molecule has 1 atom stereocenters. The number of nitrogens with one attached hydrogen (secondary N) is 1. The Bertz CT molecular complexity index is 394. The molecule has 1 aliphatic heterocycles. The van der Waals surface area contributed by atoms with Gasteiger partial charge in [0.25, 0.3) is 0 Å². The van der Waals surface area contributed by atoms with E-state index in [1.54, 1.807) is 7.11 Å². The zero-order chi connectivity index (χ0) is 13.0. The van der Waals surface area contributed by atoms with Crippen LogP contribution in [0.1, 0.15) is 42.4 Å². The fraction of sp³-hybridized carbons (Fsp3) is 0.625. The van der Waals surface area contributed by atoms with Crippen molar-refractivity contribution in [2.45, 2.75) is 52.0 Å². The zero-order valence-electron chi connectivity index (χ0n) is 11.9. The SMILES string of the molecule is COc1ccc(CCC2CCCCN2)c(C)c1C. The van der Waals surface area contributed by atoms with E-state index in [0.29, 0.717) is 0 Å². The summed E-state index contributed by atoms with van der Waals surface area (Å²) in [5.41, 5.74) is 4.15. The Morgan fingerprint density at radius 3 is 2.72 bits per heavy atom. The van der Waals surface area contributed by atoms with Crippen LogP contribution in [-0.4, -0.2) is 19.7 Å². The van der Waals surface area contributed by atoms with Crippen molar-refractivity contribution in [1.82, 2.24) is 5.32 Å². The number of hydrogen-bond acceptors (Lipinski definition) is 2. The molecule has 0 aliphatic carbocycles. The van der Waals surface area contributed by atoms with Crippen LogP contribution < -0.4 is 10.1 Å². The molecule has 1 saturated heterocycles. The molecule has 100 valence electrons. The van der Waals surface area contributed by atoms with Gasteiger partial charge < -0.3 is 10.1 Å². The summed E-state index contributed by atoms with van der Waals surface area (Å²) >= 11 is 0. The van der Waals surface area contributed by atoms with Crippen LogP contribution in [0.15, 0.2) is 12.1 Å². The molecule has 1 unspecified atom stereocenters. The maximum atomic E-state index is 5.36. The minimum absolute atomic E-state index is 0.723. The van der Waals surface area contributed by atoms with Gasteiger partial charge in [0, 0.05) is 6.04 Å². The fourth-order valence-electron chi connectivity index (χ4n) is 2.84. The van der Waals surface area contributed by atoms with Crippen molar-refractivity contribution in [3.8, 4) is 5.75 Å². The van der Waals surface area contributed by atoms with Crippen LogP contribution in [0, 0.1) is 13.8 Å². The highest BCUT2D eigenvalue weighted by molar-refractivity contribution is 5.43. The summed E-state index contributed by atoms with van der Waals surface area (Å²) in [5, 5.41) is 3.62. The van der Waals surface area contributed by atoms with Crippen molar-refractivity contribution in [1.29, 1.82) is 0 Å². The minimum Gasteiger partial charge on any atom is -0.496 e. The second-order valence-electron chi connectivity index (χ2n) is 5.36. The highest BCUT2D eigenvalue weighted by Gasteiger charge is 2.13. The number of methoxy groups -OCH3 is 1. The molecule has 1 N–H and O–H groups in total. The quantitative estimate of drug-likeness (QED) is 0.880. The minimum atomic E-state index is 0.723. The molecule has 0 spiro atoms. The first-order valence-electron chi connectivity index (χ1n) is 7.09. The molecule has 0 radical (unpaired) electrons. The maximum absolute atomic E-state index is 5.36.